The number of aromatic nitrogens is 1. The van der Waals surface area contributed by atoms with E-state index in [2.05, 4.69) is 5.32 Å². The van der Waals surface area contributed by atoms with Crippen molar-refractivity contribution in [2.45, 2.75) is 57.8 Å². The lowest BCUT2D eigenvalue weighted by molar-refractivity contribution is -0.140. The van der Waals surface area contributed by atoms with Gasteiger partial charge in [-0.2, -0.15) is 0 Å². The number of hydrogen-bond acceptors (Lipinski definition) is 4. The number of nitrogens with one attached hydrogen (secondary N) is 1. The molecule has 1 aliphatic carbocycles. The van der Waals surface area contributed by atoms with Gasteiger partial charge in [0.05, 0.1) is 6.54 Å². The fraction of sp³-hybridized carbons (Fsp3) is 0.435. The van der Waals surface area contributed by atoms with Gasteiger partial charge in [-0.3, -0.25) is 14.4 Å². The lowest BCUT2D eigenvalue weighted by Crippen LogP contribution is -2.46. The number of carbonyl (C=O) groups excluding carboxylic acids is 2. The van der Waals surface area contributed by atoms with Crippen LogP contribution in [0.5, 0.6) is 0 Å². The van der Waals surface area contributed by atoms with E-state index >= 15 is 0 Å². The number of hydrogen-bond donors (Lipinski definition) is 2. The molecule has 1 unspecified atom stereocenters. The minimum atomic E-state index is -1.08. The number of pyridine rings is 1. The molecular formula is C23H27N3O4. The molecule has 1 aromatic heterocycles. The Labute approximate surface area is 175 Å². The Bertz CT molecular complexity index is 1010. The van der Waals surface area contributed by atoms with Crippen LogP contribution in [0.15, 0.2) is 41.3 Å². The summed E-state index contributed by atoms with van der Waals surface area (Å²) < 4.78 is 1.56. The van der Waals surface area contributed by atoms with Crippen LogP contribution < -0.4 is 10.9 Å². The van der Waals surface area contributed by atoms with Crippen molar-refractivity contribution in [3.05, 3.63) is 69.1 Å². The van der Waals surface area contributed by atoms with Crippen LogP contribution in [-0.4, -0.2) is 45.1 Å². The number of fused-ring (bicyclic) bond motifs is 1. The number of aliphatic hydroxyl groups excluding tert-OH is 1. The van der Waals surface area contributed by atoms with E-state index in [9.17, 15) is 19.5 Å². The first-order valence-electron chi connectivity index (χ1n) is 10.5. The molecule has 1 aliphatic heterocycles. The van der Waals surface area contributed by atoms with Gasteiger partial charge in [-0.15, -0.1) is 0 Å². The standard InChI is InChI=1S/C23H27N3O4/c1-15(27)22(29)25-11-10-19-17(13-25)14-26(12-16-6-3-2-4-7-16)23(30)20(19)21(28)24-18-8-5-9-18/h2-4,6-7,14-15,18,27H,5,8-13H2,1H3,(H,24,28). The number of aliphatic hydroxyl groups is 1. The molecule has 2 amide bonds. The molecule has 0 radical (unpaired) electrons. The Hall–Kier alpha value is -2.93. The smallest absolute Gasteiger partial charge is 0.264 e. The highest BCUT2D eigenvalue weighted by molar-refractivity contribution is 5.96. The average Bonchev–Trinajstić information content (AvgIpc) is 2.71. The van der Waals surface area contributed by atoms with Crippen molar-refractivity contribution in [1.29, 1.82) is 0 Å². The van der Waals surface area contributed by atoms with E-state index < -0.39 is 6.10 Å². The van der Waals surface area contributed by atoms with Gasteiger partial charge in [0.2, 0.25) is 0 Å². The molecule has 0 spiro atoms. The third kappa shape index (κ3) is 4.03. The Morgan fingerprint density at radius 2 is 1.97 bits per heavy atom. The Morgan fingerprint density at radius 1 is 1.23 bits per heavy atom. The van der Waals surface area contributed by atoms with Crippen molar-refractivity contribution in [3.63, 3.8) is 0 Å². The highest BCUT2D eigenvalue weighted by Crippen LogP contribution is 2.23. The van der Waals surface area contributed by atoms with Crippen molar-refractivity contribution in [2.24, 2.45) is 0 Å². The van der Waals surface area contributed by atoms with Gasteiger partial charge in [-0.25, -0.2) is 0 Å². The van der Waals surface area contributed by atoms with Crippen molar-refractivity contribution in [3.8, 4) is 0 Å². The molecule has 30 heavy (non-hydrogen) atoms. The van der Waals surface area contributed by atoms with E-state index in [0.29, 0.717) is 19.5 Å². The summed E-state index contributed by atoms with van der Waals surface area (Å²) in [5, 5.41) is 12.7. The zero-order valence-electron chi connectivity index (χ0n) is 17.1. The van der Waals surface area contributed by atoms with Gasteiger partial charge in [0.25, 0.3) is 17.4 Å². The SMILES string of the molecule is CC(O)C(=O)N1CCc2c(cn(Cc3ccccc3)c(=O)c2C(=O)NC2CCC2)C1. The molecule has 158 valence electrons. The minimum absolute atomic E-state index is 0.132. The summed E-state index contributed by atoms with van der Waals surface area (Å²) in [5.41, 5.74) is 2.35. The fourth-order valence-electron chi connectivity index (χ4n) is 4.11. The van der Waals surface area contributed by atoms with E-state index in [1.54, 1.807) is 15.7 Å². The lowest BCUT2D eigenvalue weighted by Gasteiger charge is -2.32. The summed E-state index contributed by atoms with van der Waals surface area (Å²) >= 11 is 0. The van der Waals surface area contributed by atoms with Gasteiger partial charge >= 0.3 is 0 Å². The van der Waals surface area contributed by atoms with Gasteiger partial charge in [0.1, 0.15) is 11.7 Å². The van der Waals surface area contributed by atoms with Gasteiger partial charge in [-0.1, -0.05) is 30.3 Å². The first-order chi connectivity index (χ1) is 14.4. The van der Waals surface area contributed by atoms with Crippen LogP contribution >= 0.6 is 0 Å². The van der Waals surface area contributed by atoms with Crippen LogP contribution in [-0.2, 0) is 24.3 Å². The van der Waals surface area contributed by atoms with E-state index in [1.165, 1.54) is 6.92 Å². The van der Waals surface area contributed by atoms with Crippen LogP contribution in [0.2, 0.25) is 0 Å². The maximum atomic E-state index is 13.3. The van der Waals surface area contributed by atoms with E-state index in [4.69, 9.17) is 0 Å². The van der Waals surface area contributed by atoms with Crippen molar-refractivity contribution < 1.29 is 14.7 Å². The number of amides is 2. The minimum Gasteiger partial charge on any atom is -0.384 e. The highest BCUT2D eigenvalue weighted by Gasteiger charge is 2.30. The zero-order chi connectivity index (χ0) is 21.3. The number of carbonyl (C=O) groups is 2. The Morgan fingerprint density at radius 3 is 2.60 bits per heavy atom. The van der Waals surface area contributed by atoms with Gasteiger partial charge in [0, 0.05) is 25.3 Å². The summed E-state index contributed by atoms with van der Waals surface area (Å²) in [6.07, 6.45) is 4.07. The number of benzene rings is 1. The van der Waals surface area contributed by atoms with Gasteiger partial charge in [0.15, 0.2) is 0 Å². The molecule has 0 bridgehead atoms. The molecule has 7 nitrogen and oxygen atoms in total. The first-order valence-corrected chi connectivity index (χ1v) is 10.5. The van der Waals surface area contributed by atoms with Crippen LogP contribution in [0.25, 0.3) is 0 Å². The molecule has 2 aliphatic rings. The summed E-state index contributed by atoms with van der Waals surface area (Å²) in [6.45, 7) is 2.45. The molecule has 4 rings (SSSR count). The summed E-state index contributed by atoms with van der Waals surface area (Å²) in [7, 11) is 0. The van der Waals surface area contributed by atoms with Crippen LogP contribution in [0.3, 0.4) is 0 Å². The number of nitrogens with zero attached hydrogens (tertiary/aromatic N) is 2. The van der Waals surface area contributed by atoms with E-state index in [1.807, 2.05) is 30.3 Å². The van der Waals surface area contributed by atoms with Crippen LogP contribution in [0, 0.1) is 0 Å². The monoisotopic (exact) mass is 409 g/mol. The second kappa shape index (κ2) is 8.44. The zero-order valence-corrected chi connectivity index (χ0v) is 17.1. The Kier molecular flexibility index (Phi) is 5.72. The molecule has 2 N–H and O–H groups in total. The molecule has 1 saturated carbocycles. The van der Waals surface area contributed by atoms with Crippen LogP contribution in [0.1, 0.15) is 53.2 Å². The van der Waals surface area contributed by atoms with Crippen molar-refractivity contribution in [2.75, 3.05) is 6.54 Å². The molecule has 1 aromatic carbocycles. The molecule has 1 fully saturated rings. The fourth-order valence-corrected chi connectivity index (χ4v) is 4.11. The predicted octanol–water partition coefficient (Wildman–Crippen LogP) is 1.44. The maximum Gasteiger partial charge on any atom is 0.264 e. The van der Waals surface area contributed by atoms with Crippen LogP contribution in [0.4, 0.5) is 0 Å². The average molecular weight is 409 g/mol. The molecule has 2 heterocycles. The quantitative estimate of drug-likeness (QED) is 0.782. The van der Waals surface area contributed by atoms with Crippen molar-refractivity contribution in [1.82, 2.24) is 14.8 Å². The summed E-state index contributed by atoms with van der Waals surface area (Å²) in [6, 6.07) is 9.73. The predicted molar refractivity (Wildman–Crippen MR) is 112 cm³/mol. The van der Waals surface area contributed by atoms with E-state index in [-0.39, 0.29) is 35.5 Å². The summed E-state index contributed by atoms with van der Waals surface area (Å²) in [5.74, 6) is -0.666. The van der Waals surface area contributed by atoms with E-state index in [0.717, 1.165) is 36.0 Å². The topological polar surface area (TPSA) is 91.6 Å². The summed E-state index contributed by atoms with van der Waals surface area (Å²) in [4.78, 5) is 40.2. The first kappa shape index (κ1) is 20.3. The largest absolute Gasteiger partial charge is 0.384 e. The maximum absolute atomic E-state index is 13.3. The molecule has 7 heteroatoms. The normalized spacial score (nSPS) is 17.1. The molecule has 1 atom stereocenters. The third-order valence-corrected chi connectivity index (χ3v) is 6.00. The molecule has 0 saturated heterocycles. The third-order valence-electron chi connectivity index (χ3n) is 6.00. The second-order valence-electron chi connectivity index (χ2n) is 8.21. The highest BCUT2D eigenvalue weighted by atomic mass is 16.3. The van der Waals surface area contributed by atoms with Gasteiger partial charge in [-0.05, 0) is 49.3 Å². The molecular weight excluding hydrogens is 382 g/mol. The van der Waals surface area contributed by atoms with Gasteiger partial charge < -0.3 is 19.9 Å². The van der Waals surface area contributed by atoms with Crippen molar-refractivity contribution >= 4 is 11.8 Å². The Balaban J connectivity index is 1.73. The molecule has 2 aromatic rings. The lowest BCUT2D eigenvalue weighted by atomic mass is 9.91. The second-order valence-corrected chi connectivity index (χ2v) is 8.21. The number of rotatable bonds is 5.